The maximum atomic E-state index is 14.7. The molecule has 10 heteroatoms. The van der Waals surface area contributed by atoms with E-state index < -0.39 is 11.6 Å². The normalized spacial score (nSPS) is 15.3. The van der Waals surface area contributed by atoms with Crippen LogP contribution in [0.3, 0.4) is 0 Å². The lowest BCUT2D eigenvalue weighted by molar-refractivity contribution is 0.0816. The number of methoxy groups -OCH3 is 1. The molecule has 0 bridgehead atoms. The van der Waals surface area contributed by atoms with E-state index in [1.807, 2.05) is 0 Å². The summed E-state index contributed by atoms with van der Waals surface area (Å²) >= 11 is 5.92. The Labute approximate surface area is 154 Å². The van der Waals surface area contributed by atoms with Crippen LogP contribution < -0.4 is 9.64 Å². The maximum absolute atomic E-state index is 14.7. The molecule has 0 spiro atoms. The fourth-order valence-electron chi connectivity index (χ4n) is 2.71. The highest BCUT2D eigenvalue weighted by Gasteiger charge is 2.25. The van der Waals surface area contributed by atoms with E-state index in [9.17, 15) is 8.78 Å². The lowest BCUT2D eigenvalue weighted by atomic mass is 10.1. The molecule has 0 N–H and O–H groups in total. The van der Waals surface area contributed by atoms with Gasteiger partial charge in [-0.05, 0) is 24.4 Å². The summed E-state index contributed by atoms with van der Waals surface area (Å²) in [7, 11) is 1.67. The quantitative estimate of drug-likeness (QED) is 0.707. The van der Waals surface area contributed by atoms with Crippen LogP contribution in [0.5, 0.6) is 5.88 Å². The van der Waals surface area contributed by atoms with Crippen molar-refractivity contribution in [3.05, 3.63) is 35.1 Å². The lowest BCUT2D eigenvalue weighted by Gasteiger charge is -2.32. The second-order valence-corrected chi connectivity index (χ2v) is 6.11. The van der Waals surface area contributed by atoms with Crippen LogP contribution >= 0.6 is 11.6 Å². The molecule has 0 amide bonds. The van der Waals surface area contributed by atoms with Gasteiger partial charge in [-0.25, -0.2) is 14.4 Å². The van der Waals surface area contributed by atoms with Crippen molar-refractivity contribution in [2.24, 2.45) is 0 Å². The summed E-state index contributed by atoms with van der Waals surface area (Å²) in [6, 6.07) is 0. The molecule has 3 heterocycles. The summed E-state index contributed by atoms with van der Waals surface area (Å²) in [6.07, 6.45) is 4.11. The van der Waals surface area contributed by atoms with E-state index in [4.69, 9.17) is 21.1 Å². The molecule has 26 heavy (non-hydrogen) atoms. The molecule has 0 radical (unpaired) electrons. The van der Waals surface area contributed by atoms with Gasteiger partial charge in [0.05, 0.1) is 25.1 Å². The molecule has 0 aliphatic carbocycles. The largest absolute Gasteiger partial charge is 0.475 e. The molecule has 1 aliphatic rings. The third-order valence-corrected chi connectivity index (χ3v) is 4.26. The van der Waals surface area contributed by atoms with Crippen LogP contribution in [0.15, 0.2) is 12.4 Å². The average molecular weight is 386 g/mol. The molecule has 2 aromatic heterocycles. The van der Waals surface area contributed by atoms with E-state index in [2.05, 4.69) is 19.9 Å². The van der Waals surface area contributed by atoms with Gasteiger partial charge in [-0.15, -0.1) is 0 Å². The minimum atomic E-state index is -0.662. The lowest BCUT2D eigenvalue weighted by Crippen LogP contribution is -2.37. The van der Waals surface area contributed by atoms with E-state index in [0.29, 0.717) is 18.9 Å². The molecule has 7 nitrogen and oxygen atoms in total. The minimum absolute atomic E-state index is 0.0705. The molecule has 3 rings (SSSR count). The summed E-state index contributed by atoms with van der Waals surface area (Å²) in [6.45, 7) is 1.28. The summed E-state index contributed by atoms with van der Waals surface area (Å²) < 4.78 is 38.2. The number of aromatic nitrogens is 4. The smallest absolute Gasteiger partial charge is 0.257 e. The second-order valence-electron chi connectivity index (χ2n) is 5.77. The molecule has 0 atom stereocenters. The first-order valence-corrected chi connectivity index (χ1v) is 8.54. The molecular formula is C16H18ClF2N5O2. The van der Waals surface area contributed by atoms with Gasteiger partial charge in [0, 0.05) is 26.6 Å². The van der Waals surface area contributed by atoms with Crippen LogP contribution in [0.4, 0.5) is 14.6 Å². The van der Waals surface area contributed by atoms with E-state index in [1.165, 1.54) is 0 Å². The van der Waals surface area contributed by atoms with Crippen molar-refractivity contribution in [1.29, 1.82) is 0 Å². The molecule has 2 aromatic rings. The van der Waals surface area contributed by atoms with Crippen molar-refractivity contribution in [3.63, 3.8) is 0 Å². The van der Waals surface area contributed by atoms with E-state index in [1.54, 1.807) is 12.0 Å². The Bertz CT molecular complexity index is 742. The van der Waals surface area contributed by atoms with Crippen molar-refractivity contribution in [3.8, 4) is 5.88 Å². The maximum Gasteiger partial charge on any atom is 0.257 e. The van der Waals surface area contributed by atoms with Gasteiger partial charge in [0.2, 0.25) is 11.1 Å². The van der Waals surface area contributed by atoms with Gasteiger partial charge in [0.1, 0.15) is 5.82 Å². The van der Waals surface area contributed by atoms with Crippen molar-refractivity contribution in [2.75, 3.05) is 31.7 Å². The zero-order valence-electron chi connectivity index (χ0n) is 14.2. The Morgan fingerprint density at radius 3 is 2.54 bits per heavy atom. The number of nitrogens with zero attached hydrogens (tertiary/aromatic N) is 5. The summed E-state index contributed by atoms with van der Waals surface area (Å²) in [4.78, 5) is 17.2. The molecule has 1 fully saturated rings. The van der Waals surface area contributed by atoms with Crippen LogP contribution in [0, 0.1) is 11.6 Å². The third kappa shape index (κ3) is 4.53. The zero-order chi connectivity index (χ0) is 18.5. The Kier molecular flexibility index (Phi) is 6.10. The average Bonchev–Trinajstić information content (AvgIpc) is 2.66. The van der Waals surface area contributed by atoms with Gasteiger partial charge >= 0.3 is 0 Å². The van der Waals surface area contributed by atoms with E-state index in [-0.39, 0.29) is 36.1 Å². The van der Waals surface area contributed by atoms with Gasteiger partial charge < -0.3 is 14.4 Å². The van der Waals surface area contributed by atoms with Crippen LogP contribution in [0.1, 0.15) is 18.7 Å². The summed E-state index contributed by atoms with van der Waals surface area (Å²) in [5.74, 6) is -0.909. The highest BCUT2D eigenvalue weighted by Crippen LogP contribution is 2.28. The van der Waals surface area contributed by atoms with Crippen LogP contribution in [-0.2, 0) is 11.2 Å². The molecule has 0 aromatic carbocycles. The predicted molar refractivity (Wildman–Crippen MR) is 90.4 cm³/mol. The van der Waals surface area contributed by atoms with Gasteiger partial charge in [-0.3, -0.25) is 0 Å². The van der Waals surface area contributed by atoms with Crippen molar-refractivity contribution in [2.45, 2.75) is 25.4 Å². The highest BCUT2D eigenvalue weighted by molar-refractivity contribution is 6.28. The monoisotopic (exact) mass is 385 g/mol. The molecule has 1 saturated heterocycles. The number of ether oxygens (including phenoxy) is 2. The van der Waals surface area contributed by atoms with Crippen molar-refractivity contribution >= 4 is 17.4 Å². The molecular weight excluding hydrogens is 368 g/mol. The Balaban J connectivity index is 1.66. The number of rotatable bonds is 6. The Morgan fingerprint density at radius 2 is 1.88 bits per heavy atom. The first-order chi connectivity index (χ1) is 12.6. The van der Waals surface area contributed by atoms with Crippen LogP contribution in [-0.4, -0.2) is 52.8 Å². The molecule has 0 unspecified atom stereocenters. The minimum Gasteiger partial charge on any atom is -0.475 e. The highest BCUT2D eigenvalue weighted by atomic mass is 35.5. The number of hydrogen-bond donors (Lipinski definition) is 0. The fourth-order valence-corrected chi connectivity index (χ4v) is 2.86. The standard InChI is InChI=1S/C16H18ClF2N5O2/c1-25-11-2-5-24(6-3-11)14-13(19)15(23-16(17)22-14)26-7-4-12-20-8-10(18)9-21-12/h8-9,11H,2-7H2,1H3. The van der Waals surface area contributed by atoms with Gasteiger partial charge in [0.15, 0.2) is 11.6 Å². The van der Waals surface area contributed by atoms with Crippen molar-refractivity contribution in [1.82, 2.24) is 19.9 Å². The second kappa shape index (κ2) is 8.50. The SMILES string of the molecule is COC1CCN(c2nc(Cl)nc(OCCc3ncc(F)cn3)c2F)CC1. The fraction of sp³-hybridized carbons (Fsp3) is 0.500. The number of halogens is 3. The van der Waals surface area contributed by atoms with Crippen LogP contribution in [0.2, 0.25) is 5.28 Å². The Morgan fingerprint density at radius 1 is 1.19 bits per heavy atom. The number of piperidine rings is 1. The predicted octanol–water partition coefficient (Wildman–Crippen LogP) is 2.43. The molecule has 0 saturated carbocycles. The molecule has 140 valence electrons. The van der Waals surface area contributed by atoms with Crippen molar-refractivity contribution < 1.29 is 18.3 Å². The third-order valence-electron chi connectivity index (χ3n) is 4.09. The summed E-state index contributed by atoms with van der Waals surface area (Å²) in [5.41, 5.74) is 0. The summed E-state index contributed by atoms with van der Waals surface area (Å²) in [5, 5.41) is -0.0942. The first-order valence-electron chi connectivity index (χ1n) is 8.17. The van der Waals surface area contributed by atoms with Crippen LogP contribution in [0.25, 0.3) is 0 Å². The molecule has 1 aliphatic heterocycles. The Hall–Kier alpha value is -2.13. The van der Waals surface area contributed by atoms with E-state index >= 15 is 0 Å². The first kappa shape index (κ1) is 18.7. The zero-order valence-corrected chi connectivity index (χ0v) is 14.9. The van der Waals surface area contributed by atoms with E-state index in [0.717, 1.165) is 25.2 Å². The van der Waals surface area contributed by atoms with Gasteiger partial charge in [-0.1, -0.05) is 0 Å². The number of hydrogen-bond acceptors (Lipinski definition) is 7. The number of anilines is 1. The van der Waals surface area contributed by atoms with Gasteiger partial charge in [0.25, 0.3) is 5.88 Å². The topological polar surface area (TPSA) is 73.3 Å². The van der Waals surface area contributed by atoms with Gasteiger partial charge in [-0.2, -0.15) is 14.4 Å².